The molecule has 1 unspecified atom stereocenters. The molecule has 1 atom stereocenters. The van der Waals surface area contributed by atoms with Crippen LogP contribution < -0.4 is 10.1 Å². The number of ether oxygens (including phenoxy) is 2. The van der Waals surface area contributed by atoms with Crippen molar-refractivity contribution in [2.24, 2.45) is 0 Å². The van der Waals surface area contributed by atoms with Gasteiger partial charge in [0.15, 0.2) is 0 Å². The van der Waals surface area contributed by atoms with Crippen molar-refractivity contribution in [3.8, 4) is 5.75 Å². The number of carbonyl (C=O) groups excluding carboxylic acids is 2. The summed E-state index contributed by atoms with van der Waals surface area (Å²) in [5, 5.41) is 2.81. The van der Waals surface area contributed by atoms with Crippen molar-refractivity contribution in [2.75, 3.05) is 6.61 Å². The van der Waals surface area contributed by atoms with E-state index in [9.17, 15) is 9.59 Å². The molecule has 0 aliphatic carbocycles. The molecule has 1 amide bonds. The average molecular weight is 356 g/mol. The molecule has 0 bridgehead atoms. The lowest BCUT2D eigenvalue weighted by atomic mass is 10.1. The predicted molar refractivity (Wildman–Crippen MR) is 98.0 cm³/mol. The van der Waals surface area contributed by atoms with Gasteiger partial charge in [0.2, 0.25) is 6.10 Å². The van der Waals surface area contributed by atoms with Gasteiger partial charge in [0.25, 0.3) is 5.91 Å². The number of carbonyl (C=O) groups is 2. The molecule has 1 N–H and O–H groups in total. The SMILES string of the molecule is Cc1ccc(OCC(OC(=O)c2cccnc2)C(=O)NC(C)(C)C)cc1. The normalized spacial score (nSPS) is 12.2. The lowest BCUT2D eigenvalue weighted by Gasteiger charge is -2.25. The molecule has 1 heterocycles. The number of benzene rings is 1. The van der Waals surface area contributed by atoms with E-state index in [1.54, 1.807) is 30.5 Å². The van der Waals surface area contributed by atoms with Crippen molar-refractivity contribution in [3.05, 3.63) is 59.9 Å². The summed E-state index contributed by atoms with van der Waals surface area (Å²) in [6.45, 7) is 7.44. The van der Waals surface area contributed by atoms with Crippen molar-refractivity contribution in [2.45, 2.75) is 39.3 Å². The Morgan fingerprint density at radius 2 is 1.85 bits per heavy atom. The van der Waals surface area contributed by atoms with Gasteiger partial charge in [-0.2, -0.15) is 0 Å². The fourth-order valence-corrected chi connectivity index (χ4v) is 2.10. The zero-order valence-corrected chi connectivity index (χ0v) is 15.5. The number of rotatable bonds is 6. The van der Waals surface area contributed by atoms with E-state index in [1.807, 2.05) is 39.8 Å². The molecule has 26 heavy (non-hydrogen) atoms. The smallest absolute Gasteiger partial charge is 0.340 e. The summed E-state index contributed by atoms with van der Waals surface area (Å²) in [5.74, 6) is -0.442. The van der Waals surface area contributed by atoms with Crippen LogP contribution in [0.5, 0.6) is 5.75 Å². The highest BCUT2D eigenvalue weighted by atomic mass is 16.6. The minimum absolute atomic E-state index is 0.0863. The first kappa shape index (κ1) is 19.4. The zero-order chi connectivity index (χ0) is 19.2. The highest BCUT2D eigenvalue weighted by Crippen LogP contribution is 2.13. The molecule has 6 heteroatoms. The predicted octanol–water partition coefficient (Wildman–Crippen LogP) is 2.91. The fraction of sp³-hybridized carbons (Fsp3) is 0.350. The second kappa shape index (κ2) is 8.47. The number of hydrogen-bond donors (Lipinski definition) is 1. The number of amides is 1. The van der Waals surface area contributed by atoms with Crippen LogP contribution in [0.4, 0.5) is 0 Å². The summed E-state index contributed by atoms with van der Waals surface area (Å²) >= 11 is 0. The fourth-order valence-electron chi connectivity index (χ4n) is 2.10. The number of esters is 1. The lowest BCUT2D eigenvalue weighted by molar-refractivity contribution is -0.133. The van der Waals surface area contributed by atoms with E-state index >= 15 is 0 Å². The van der Waals surface area contributed by atoms with Gasteiger partial charge < -0.3 is 14.8 Å². The third-order valence-corrected chi connectivity index (χ3v) is 3.36. The Labute approximate surface area is 153 Å². The third kappa shape index (κ3) is 6.20. The number of nitrogens with one attached hydrogen (secondary N) is 1. The van der Waals surface area contributed by atoms with Gasteiger partial charge in [-0.15, -0.1) is 0 Å². The van der Waals surface area contributed by atoms with Gasteiger partial charge in [-0.05, 0) is 52.0 Å². The average Bonchev–Trinajstić information content (AvgIpc) is 2.59. The standard InChI is InChI=1S/C20H24N2O4/c1-14-7-9-16(10-8-14)25-13-17(18(23)22-20(2,3)4)26-19(24)15-6-5-11-21-12-15/h5-12,17H,13H2,1-4H3,(H,22,23). The summed E-state index contributed by atoms with van der Waals surface area (Å²) in [7, 11) is 0. The molecule has 0 fully saturated rings. The van der Waals surface area contributed by atoms with Crippen LogP contribution in [0.15, 0.2) is 48.8 Å². The quantitative estimate of drug-likeness (QED) is 0.805. The van der Waals surface area contributed by atoms with E-state index in [0.29, 0.717) is 5.75 Å². The van der Waals surface area contributed by atoms with Crippen LogP contribution in [0.1, 0.15) is 36.7 Å². The molecule has 0 aliphatic rings. The zero-order valence-electron chi connectivity index (χ0n) is 15.5. The Kier molecular flexibility index (Phi) is 6.33. The molecule has 0 aliphatic heterocycles. The molecule has 2 rings (SSSR count). The Hall–Kier alpha value is -2.89. The van der Waals surface area contributed by atoms with Crippen LogP contribution in [-0.4, -0.2) is 35.1 Å². The summed E-state index contributed by atoms with van der Waals surface area (Å²) in [5.41, 5.74) is 0.915. The molecule has 1 aromatic heterocycles. The molecule has 6 nitrogen and oxygen atoms in total. The van der Waals surface area contributed by atoms with Crippen LogP contribution in [-0.2, 0) is 9.53 Å². The molecule has 2 aromatic rings. The molecular formula is C20H24N2O4. The van der Waals surface area contributed by atoms with Crippen LogP contribution in [0.2, 0.25) is 0 Å². The van der Waals surface area contributed by atoms with Crippen molar-refractivity contribution in [3.63, 3.8) is 0 Å². The molecular weight excluding hydrogens is 332 g/mol. The van der Waals surface area contributed by atoms with Crippen molar-refractivity contribution in [1.82, 2.24) is 10.3 Å². The van der Waals surface area contributed by atoms with E-state index < -0.39 is 23.5 Å². The number of nitrogens with zero attached hydrogens (tertiary/aromatic N) is 1. The second-order valence-electron chi connectivity index (χ2n) is 7.00. The van der Waals surface area contributed by atoms with Crippen LogP contribution >= 0.6 is 0 Å². The summed E-state index contributed by atoms with van der Waals surface area (Å²) in [6.07, 6.45) is 1.87. The van der Waals surface area contributed by atoms with E-state index in [2.05, 4.69) is 10.3 Å². The number of aryl methyl sites for hydroxylation is 1. The van der Waals surface area contributed by atoms with Crippen molar-refractivity contribution < 1.29 is 19.1 Å². The van der Waals surface area contributed by atoms with Gasteiger partial charge in [-0.1, -0.05) is 17.7 Å². The Balaban J connectivity index is 2.09. The first-order chi connectivity index (χ1) is 12.2. The maximum absolute atomic E-state index is 12.5. The van der Waals surface area contributed by atoms with E-state index in [0.717, 1.165) is 5.56 Å². The van der Waals surface area contributed by atoms with E-state index in [1.165, 1.54) is 6.20 Å². The molecule has 138 valence electrons. The summed E-state index contributed by atoms with van der Waals surface area (Å²) in [4.78, 5) is 28.7. The minimum Gasteiger partial charge on any atom is -0.489 e. The third-order valence-electron chi connectivity index (χ3n) is 3.36. The maximum Gasteiger partial charge on any atom is 0.340 e. The van der Waals surface area contributed by atoms with Gasteiger partial charge in [0.1, 0.15) is 12.4 Å². The largest absolute Gasteiger partial charge is 0.489 e. The summed E-state index contributed by atoms with van der Waals surface area (Å²) < 4.78 is 11.0. The first-order valence-corrected chi connectivity index (χ1v) is 8.37. The number of pyridine rings is 1. The van der Waals surface area contributed by atoms with Gasteiger partial charge in [-0.25, -0.2) is 4.79 Å². The van der Waals surface area contributed by atoms with Crippen LogP contribution in [0.25, 0.3) is 0 Å². The van der Waals surface area contributed by atoms with Crippen LogP contribution in [0.3, 0.4) is 0 Å². The van der Waals surface area contributed by atoms with E-state index in [4.69, 9.17) is 9.47 Å². The Morgan fingerprint density at radius 3 is 2.42 bits per heavy atom. The lowest BCUT2D eigenvalue weighted by Crippen LogP contribution is -2.49. The molecule has 0 spiro atoms. The highest BCUT2D eigenvalue weighted by Gasteiger charge is 2.27. The molecule has 0 saturated heterocycles. The topological polar surface area (TPSA) is 77.5 Å². The highest BCUT2D eigenvalue weighted by molar-refractivity contribution is 5.92. The second-order valence-corrected chi connectivity index (χ2v) is 7.00. The van der Waals surface area contributed by atoms with Gasteiger partial charge >= 0.3 is 5.97 Å². The van der Waals surface area contributed by atoms with E-state index in [-0.39, 0.29) is 12.2 Å². The first-order valence-electron chi connectivity index (χ1n) is 8.37. The monoisotopic (exact) mass is 356 g/mol. The molecule has 0 radical (unpaired) electrons. The van der Waals surface area contributed by atoms with Gasteiger partial charge in [0, 0.05) is 17.9 Å². The molecule has 1 aromatic carbocycles. The van der Waals surface area contributed by atoms with Crippen molar-refractivity contribution >= 4 is 11.9 Å². The summed E-state index contributed by atoms with van der Waals surface area (Å²) in [6, 6.07) is 10.6. The number of aromatic nitrogens is 1. The van der Waals surface area contributed by atoms with Gasteiger partial charge in [0.05, 0.1) is 5.56 Å². The minimum atomic E-state index is -1.08. The van der Waals surface area contributed by atoms with Gasteiger partial charge in [-0.3, -0.25) is 9.78 Å². The Bertz CT molecular complexity index is 737. The Morgan fingerprint density at radius 1 is 1.15 bits per heavy atom. The number of hydrogen-bond acceptors (Lipinski definition) is 5. The molecule has 0 saturated carbocycles. The van der Waals surface area contributed by atoms with Crippen LogP contribution in [0, 0.1) is 6.92 Å². The maximum atomic E-state index is 12.5. The van der Waals surface area contributed by atoms with Crippen molar-refractivity contribution in [1.29, 1.82) is 0 Å².